The second kappa shape index (κ2) is 3.34. The number of nitrogens with two attached hydrogens (primary N) is 1. The molecule has 0 aromatic carbocycles. The second-order valence-electron chi connectivity index (χ2n) is 2.44. The van der Waals surface area contributed by atoms with Crippen LogP contribution < -0.4 is 11.3 Å². The summed E-state index contributed by atoms with van der Waals surface area (Å²) in [5.41, 5.74) is 7.16. The lowest BCUT2D eigenvalue weighted by Gasteiger charge is -1.98. The van der Waals surface area contributed by atoms with Gasteiger partial charge in [0.1, 0.15) is 0 Å². The molecule has 0 aliphatic heterocycles. The molecule has 1 aromatic rings. The molecular formula is C8H12N2O. The first kappa shape index (κ1) is 8.01. The van der Waals surface area contributed by atoms with Crippen LogP contribution in [-0.2, 0) is 13.0 Å². The molecule has 11 heavy (non-hydrogen) atoms. The molecule has 0 aliphatic carbocycles. The number of hydrogen-bond donors (Lipinski definition) is 2. The largest absolute Gasteiger partial charge is 0.326 e. The first-order chi connectivity index (χ1) is 5.26. The third kappa shape index (κ3) is 1.91. The van der Waals surface area contributed by atoms with Gasteiger partial charge in [0.05, 0.1) is 0 Å². The minimum absolute atomic E-state index is 0.0650. The number of H-pyrrole nitrogens is 1. The molecule has 0 bridgehead atoms. The highest BCUT2D eigenvalue weighted by Crippen LogP contribution is 1.97. The van der Waals surface area contributed by atoms with Gasteiger partial charge in [0.25, 0.3) is 0 Å². The third-order valence-corrected chi connectivity index (χ3v) is 1.58. The van der Waals surface area contributed by atoms with Crippen molar-refractivity contribution in [3.63, 3.8) is 0 Å². The molecule has 0 atom stereocenters. The molecule has 3 N–H and O–H groups in total. The van der Waals surface area contributed by atoms with Gasteiger partial charge in [-0.15, -0.1) is 0 Å². The Morgan fingerprint density at radius 2 is 2.27 bits per heavy atom. The summed E-state index contributed by atoms with van der Waals surface area (Å²) in [7, 11) is 0. The summed E-state index contributed by atoms with van der Waals surface area (Å²) >= 11 is 0. The van der Waals surface area contributed by atoms with E-state index in [2.05, 4.69) is 4.98 Å². The minimum atomic E-state index is -0.0650. The fourth-order valence-electron chi connectivity index (χ4n) is 0.973. The smallest absolute Gasteiger partial charge is 0.248 e. The van der Waals surface area contributed by atoms with E-state index >= 15 is 0 Å². The van der Waals surface area contributed by atoms with Crippen LogP contribution in [0.15, 0.2) is 16.9 Å². The highest BCUT2D eigenvalue weighted by atomic mass is 16.1. The standard InChI is InChI=1S/C8H12N2O/c1-2-7-3-6(5-9)4-8(11)10-7/h3-4H,2,5,9H2,1H3,(H,10,11). The molecule has 0 saturated carbocycles. The van der Waals surface area contributed by atoms with Crippen LogP contribution in [0.2, 0.25) is 0 Å². The van der Waals surface area contributed by atoms with Crippen LogP contribution in [0.25, 0.3) is 0 Å². The number of rotatable bonds is 2. The first-order valence-corrected chi connectivity index (χ1v) is 3.68. The summed E-state index contributed by atoms with van der Waals surface area (Å²) < 4.78 is 0. The van der Waals surface area contributed by atoms with E-state index in [1.165, 1.54) is 6.07 Å². The number of aromatic amines is 1. The minimum Gasteiger partial charge on any atom is -0.326 e. The molecule has 60 valence electrons. The summed E-state index contributed by atoms with van der Waals surface area (Å²) in [6.45, 7) is 2.42. The first-order valence-electron chi connectivity index (χ1n) is 3.68. The van der Waals surface area contributed by atoms with E-state index in [0.29, 0.717) is 6.54 Å². The predicted molar refractivity (Wildman–Crippen MR) is 44.3 cm³/mol. The van der Waals surface area contributed by atoms with Crippen molar-refractivity contribution in [3.05, 3.63) is 33.7 Å². The van der Waals surface area contributed by atoms with E-state index in [-0.39, 0.29) is 5.56 Å². The van der Waals surface area contributed by atoms with Crippen LogP contribution in [0.3, 0.4) is 0 Å². The fourth-order valence-corrected chi connectivity index (χ4v) is 0.973. The van der Waals surface area contributed by atoms with Gasteiger partial charge in [0.15, 0.2) is 0 Å². The summed E-state index contributed by atoms with van der Waals surface area (Å²) in [4.78, 5) is 13.6. The van der Waals surface area contributed by atoms with E-state index in [4.69, 9.17) is 5.73 Å². The molecule has 3 nitrogen and oxygen atoms in total. The van der Waals surface area contributed by atoms with Crippen molar-refractivity contribution in [2.75, 3.05) is 0 Å². The maximum atomic E-state index is 10.9. The number of aromatic nitrogens is 1. The highest BCUT2D eigenvalue weighted by Gasteiger charge is 1.94. The van der Waals surface area contributed by atoms with Gasteiger partial charge in [0.2, 0.25) is 5.56 Å². The Labute approximate surface area is 65.2 Å². The quantitative estimate of drug-likeness (QED) is 0.644. The Hall–Kier alpha value is -1.09. The average Bonchev–Trinajstić information content (AvgIpc) is 2.03. The molecule has 0 radical (unpaired) electrons. The molecule has 0 unspecified atom stereocenters. The van der Waals surface area contributed by atoms with Crippen molar-refractivity contribution in [1.29, 1.82) is 0 Å². The van der Waals surface area contributed by atoms with Gasteiger partial charge in [0, 0.05) is 18.3 Å². The normalized spacial score (nSPS) is 10.0. The number of pyridine rings is 1. The Kier molecular flexibility index (Phi) is 2.44. The molecule has 0 fully saturated rings. The lowest BCUT2D eigenvalue weighted by Crippen LogP contribution is -2.10. The van der Waals surface area contributed by atoms with Crippen LogP contribution in [0.4, 0.5) is 0 Å². The third-order valence-electron chi connectivity index (χ3n) is 1.58. The zero-order valence-corrected chi connectivity index (χ0v) is 6.55. The Balaban J connectivity index is 3.12. The van der Waals surface area contributed by atoms with Crippen molar-refractivity contribution < 1.29 is 0 Å². The van der Waals surface area contributed by atoms with E-state index < -0.39 is 0 Å². The zero-order valence-electron chi connectivity index (χ0n) is 6.55. The molecule has 0 amide bonds. The van der Waals surface area contributed by atoms with Gasteiger partial charge in [-0.1, -0.05) is 6.92 Å². The summed E-state index contributed by atoms with van der Waals surface area (Å²) in [6, 6.07) is 3.44. The molecule has 0 saturated heterocycles. The van der Waals surface area contributed by atoms with Crippen LogP contribution in [0, 0.1) is 0 Å². The van der Waals surface area contributed by atoms with E-state index in [1.807, 2.05) is 13.0 Å². The Morgan fingerprint density at radius 3 is 2.82 bits per heavy atom. The van der Waals surface area contributed by atoms with Crippen molar-refractivity contribution in [3.8, 4) is 0 Å². The van der Waals surface area contributed by atoms with Crippen LogP contribution in [-0.4, -0.2) is 4.98 Å². The molecule has 1 heterocycles. The monoisotopic (exact) mass is 152 g/mol. The predicted octanol–water partition coefficient (Wildman–Crippen LogP) is 0.396. The summed E-state index contributed by atoms with van der Waals surface area (Å²) in [6.07, 6.45) is 0.836. The van der Waals surface area contributed by atoms with Gasteiger partial charge in [-0.3, -0.25) is 4.79 Å². The topological polar surface area (TPSA) is 58.9 Å². The Morgan fingerprint density at radius 1 is 1.55 bits per heavy atom. The SMILES string of the molecule is CCc1cc(CN)cc(=O)[nH]1. The van der Waals surface area contributed by atoms with Gasteiger partial charge >= 0.3 is 0 Å². The van der Waals surface area contributed by atoms with Gasteiger partial charge in [-0.2, -0.15) is 0 Å². The Bertz CT molecular complexity index is 265. The lowest BCUT2D eigenvalue weighted by molar-refractivity contribution is 0.970. The van der Waals surface area contributed by atoms with Gasteiger partial charge in [-0.05, 0) is 18.1 Å². The van der Waals surface area contributed by atoms with Gasteiger partial charge < -0.3 is 10.7 Å². The molecule has 1 rings (SSSR count). The molecule has 1 aromatic heterocycles. The molecule has 0 spiro atoms. The maximum absolute atomic E-state index is 10.9. The zero-order chi connectivity index (χ0) is 8.27. The second-order valence-corrected chi connectivity index (χ2v) is 2.44. The maximum Gasteiger partial charge on any atom is 0.248 e. The summed E-state index contributed by atoms with van der Waals surface area (Å²) in [5, 5.41) is 0. The molecule has 0 aliphatic rings. The van der Waals surface area contributed by atoms with Crippen molar-refractivity contribution in [2.45, 2.75) is 19.9 Å². The van der Waals surface area contributed by atoms with Crippen LogP contribution >= 0.6 is 0 Å². The van der Waals surface area contributed by atoms with E-state index in [1.54, 1.807) is 0 Å². The molecule has 3 heteroatoms. The molecular weight excluding hydrogens is 140 g/mol. The van der Waals surface area contributed by atoms with Crippen molar-refractivity contribution in [1.82, 2.24) is 4.98 Å². The van der Waals surface area contributed by atoms with E-state index in [0.717, 1.165) is 17.7 Å². The average molecular weight is 152 g/mol. The van der Waals surface area contributed by atoms with Crippen molar-refractivity contribution in [2.24, 2.45) is 5.73 Å². The van der Waals surface area contributed by atoms with Crippen LogP contribution in [0.5, 0.6) is 0 Å². The number of hydrogen-bond acceptors (Lipinski definition) is 2. The van der Waals surface area contributed by atoms with Gasteiger partial charge in [-0.25, -0.2) is 0 Å². The fraction of sp³-hybridized carbons (Fsp3) is 0.375. The lowest BCUT2D eigenvalue weighted by atomic mass is 10.2. The number of aryl methyl sites for hydroxylation is 1. The summed E-state index contributed by atoms with van der Waals surface area (Å²) in [5.74, 6) is 0. The van der Waals surface area contributed by atoms with E-state index in [9.17, 15) is 4.79 Å². The van der Waals surface area contributed by atoms with Crippen molar-refractivity contribution >= 4 is 0 Å². The number of nitrogens with one attached hydrogen (secondary N) is 1. The highest BCUT2D eigenvalue weighted by molar-refractivity contribution is 5.15. The van der Waals surface area contributed by atoms with Crippen LogP contribution in [0.1, 0.15) is 18.2 Å².